The predicted molar refractivity (Wildman–Crippen MR) is 82.9 cm³/mol. The Morgan fingerprint density at radius 1 is 1.33 bits per heavy atom. The van der Waals surface area contributed by atoms with Crippen LogP contribution in [0.15, 0.2) is 18.3 Å². The molecule has 6 heteroatoms. The van der Waals surface area contributed by atoms with Gasteiger partial charge in [0.15, 0.2) is 5.65 Å². The van der Waals surface area contributed by atoms with E-state index in [1.807, 2.05) is 12.1 Å². The minimum atomic E-state index is -2.80. The van der Waals surface area contributed by atoms with E-state index in [1.165, 1.54) is 0 Å². The fourth-order valence-corrected chi connectivity index (χ4v) is 4.58. The molecule has 0 spiro atoms. The molecular weight excluding hydrogens is 286 g/mol. The van der Waals surface area contributed by atoms with Gasteiger partial charge in [-0.2, -0.15) is 0 Å². The van der Waals surface area contributed by atoms with Crippen LogP contribution >= 0.6 is 0 Å². The van der Waals surface area contributed by atoms with E-state index in [9.17, 15) is 8.42 Å². The average Bonchev–Trinajstić information content (AvgIpc) is 2.80. The van der Waals surface area contributed by atoms with Crippen LogP contribution in [0.4, 0.5) is 0 Å². The fraction of sp³-hybridized carbons (Fsp3) is 0.600. The van der Waals surface area contributed by atoms with Gasteiger partial charge in [0, 0.05) is 19.2 Å². The first-order valence-corrected chi connectivity index (χ1v) is 9.42. The van der Waals surface area contributed by atoms with Crippen LogP contribution in [-0.2, 0) is 22.8 Å². The van der Waals surface area contributed by atoms with Crippen molar-refractivity contribution < 1.29 is 8.42 Å². The van der Waals surface area contributed by atoms with Gasteiger partial charge in [-0.3, -0.25) is 0 Å². The maximum atomic E-state index is 11.5. The van der Waals surface area contributed by atoms with Gasteiger partial charge in [-0.1, -0.05) is 6.92 Å². The standard InChI is InChI=1S/C15H21N3O2S/c1-2-4-14-17-13-5-3-8-16-15(13)18(14)11-12-6-9-21(19,20)10-7-12/h3,5,8,12H,2,4,6-7,9-11H2,1H3. The van der Waals surface area contributed by atoms with E-state index in [-0.39, 0.29) is 0 Å². The Morgan fingerprint density at radius 3 is 2.81 bits per heavy atom. The summed E-state index contributed by atoms with van der Waals surface area (Å²) in [5.74, 6) is 2.12. The summed E-state index contributed by atoms with van der Waals surface area (Å²) >= 11 is 0. The van der Waals surface area contributed by atoms with Crippen molar-refractivity contribution in [3.8, 4) is 0 Å². The minimum absolute atomic E-state index is 0.320. The van der Waals surface area contributed by atoms with Gasteiger partial charge in [0.2, 0.25) is 0 Å². The van der Waals surface area contributed by atoms with Gasteiger partial charge < -0.3 is 4.57 Å². The quantitative estimate of drug-likeness (QED) is 0.868. The number of hydrogen-bond donors (Lipinski definition) is 0. The number of imidazole rings is 1. The topological polar surface area (TPSA) is 64.8 Å². The molecule has 0 radical (unpaired) electrons. The van der Waals surface area contributed by atoms with E-state index >= 15 is 0 Å². The Hall–Kier alpha value is -1.43. The summed E-state index contributed by atoms with van der Waals surface area (Å²) in [6.07, 6.45) is 5.27. The summed E-state index contributed by atoms with van der Waals surface area (Å²) < 4.78 is 25.3. The summed E-state index contributed by atoms with van der Waals surface area (Å²) in [6, 6.07) is 3.89. The van der Waals surface area contributed by atoms with Crippen LogP contribution in [0, 0.1) is 5.92 Å². The third-order valence-corrected chi connectivity index (χ3v) is 5.89. The monoisotopic (exact) mass is 307 g/mol. The summed E-state index contributed by atoms with van der Waals surface area (Å²) in [4.78, 5) is 9.14. The molecule has 0 bridgehead atoms. The highest BCUT2D eigenvalue weighted by atomic mass is 32.2. The lowest BCUT2D eigenvalue weighted by Gasteiger charge is -2.23. The molecule has 0 N–H and O–H groups in total. The zero-order valence-corrected chi connectivity index (χ0v) is 13.1. The Balaban J connectivity index is 1.87. The first-order valence-electron chi connectivity index (χ1n) is 7.59. The Morgan fingerprint density at radius 2 is 2.10 bits per heavy atom. The summed E-state index contributed by atoms with van der Waals surface area (Å²) in [6.45, 7) is 2.97. The molecule has 21 heavy (non-hydrogen) atoms. The fourth-order valence-electron chi connectivity index (χ4n) is 2.99. The normalized spacial score (nSPS) is 19.1. The van der Waals surface area contributed by atoms with Crippen LogP contribution in [-0.4, -0.2) is 34.5 Å². The molecule has 5 nitrogen and oxygen atoms in total. The van der Waals surface area contributed by atoms with Crippen molar-refractivity contribution in [2.45, 2.75) is 39.2 Å². The van der Waals surface area contributed by atoms with Crippen molar-refractivity contribution in [1.29, 1.82) is 0 Å². The first kappa shape index (κ1) is 14.5. The summed E-state index contributed by atoms with van der Waals surface area (Å²) in [5.41, 5.74) is 1.86. The van der Waals surface area contributed by atoms with Crippen LogP contribution in [0.2, 0.25) is 0 Å². The summed E-state index contributed by atoms with van der Waals surface area (Å²) in [7, 11) is -2.80. The number of fused-ring (bicyclic) bond motifs is 1. The lowest BCUT2D eigenvalue weighted by atomic mass is 10.0. The molecule has 1 fully saturated rings. The molecule has 114 valence electrons. The molecule has 0 aromatic carbocycles. The molecule has 2 aromatic rings. The van der Waals surface area contributed by atoms with Gasteiger partial charge in [-0.05, 0) is 37.3 Å². The predicted octanol–water partition coefficient (Wildman–Crippen LogP) is 2.21. The van der Waals surface area contributed by atoms with Crippen LogP contribution in [0.25, 0.3) is 11.2 Å². The molecule has 1 saturated heterocycles. The Labute approximate surface area is 125 Å². The van der Waals surface area contributed by atoms with E-state index in [4.69, 9.17) is 0 Å². The second-order valence-corrected chi connectivity index (χ2v) is 8.13. The zero-order valence-electron chi connectivity index (χ0n) is 12.3. The number of aromatic nitrogens is 3. The van der Waals surface area contributed by atoms with Gasteiger partial charge in [-0.15, -0.1) is 0 Å². The van der Waals surface area contributed by atoms with Gasteiger partial charge in [0.1, 0.15) is 21.2 Å². The van der Waals surface area contributed by atoms with Gasteiger partial charge in [0.05, 0.1) is 11.5 Å². The number of sulfone groups is 1. The second-order valence-electron chi connectivity index (χ2n) is 5.83. The van der Waals surface area contributed by atoms with Crippen molar-refractivity contribution >= 4 is 21.0 Å². The van der Waals surface area contributed by atoms with Crippen LogP contribution < -0.4 is 0 Å². The first-order chi connectivity index (χ1) is 10.1. The van der Waals surface area contributed by atoms with Crippen molar-refractivity contribution in [2.24, 2.45) is 5.92 Å². The maximum absolute atomic E-state index is 11.5. The van der Waals surface area contributed by atoms with E-state index in [0.717, 1.165) is 49.2 Å². The number of hydrogen-bond acceptors (Lipinski definition) is 4. The zero-order chi connectivity index (χ0) is 14.9. The maximum Gasteiger partial charge on any atom is 0.159 e. The molecule has 0 unspecified atom stereocenters. The van der Waals surface area contributed by atoms with E-state index in [0.29, 0.717) is 17.4 Å². The average molecular weight is 307 g/mol. The number of pyridine rings is 1. The highest BCUT2D eigenvalue weighted by Gasteiger charge is 2.25. The third-order valence-electron chi connectivity index (χ3n) is 4.17. The lowest BCUT2D eigenvalue weighted by Crippen LogP contribution is -2.26. The Bertz CT molecular complexity index is 722. The highest BCUT2D eigenvalue weighted by molar-refractivity contribution is 7.91. The van der Waals surface area contributed by atoms with Crippen molar-refractivity contribution in [2.75, 3.05) is 11.5 Å². The molecule has 0 amide bonds. The number of aryl methyl sites for hydroxylation is 1. The smallest absolute Gasteiger partial charge is 0.159 e. The SMILES string of the molecule is CCCc1nc2cccnc2n1CC1CCS(=O)(=O)CC1. The van der Waals surface area contributed by atoms with Crippen molar-refractivity contribution in [3.63, 3.8) is 0 Å². The molecule has 1 aliphatic heterocycles. The van der Waals surface area contributed by atoms with E-state index in [2.05, 4.69) is 21.5 Å². The molecule has 3 rings (SSSR count). The third kappa shape index (κ3) is 3.10. The number of nitrogens with zero attached hydrogens (tertiary/aromatic N) is 3. The van der Waals surface area contributed by atoms with Gasteiger partial charge >= 0.3 is 0 Å². The second kappa shape index (κ2) is 5.75. The highest BCUT2D eigenvalue weighted by Crippen LogP contribution is 2.24. The van der Waals surface area contributed by atoms with Crippen LogP contribution in [0.3, 0.4) is 0 Å². The number of rotatable bonds is 4. The van der Waals surface area contributed by atoms with Gasteiger partial charge in [-0.25, -0.2) is 18.4 Å². The van der Waals surface area contributed by atoms with Crippen molar-refractivity contribution in [1.82, 2.24) is 14.5 Å². The Kier molecular flexibility index (Phi) is 3.97. The molecule has 0 aliphatic carbocycles. The lowest BCUT2D eigenvalue weighted by molar-refractivity contribution is 0.401. The largest absolute Gasteiger partial charge is 0.312 e. The molecule has 0 saturated carbocycles. The van der Waals surface area contributed by atoms with E-state index < -0.39 is 9.84 Å². The molecule has 3 heterocycles. The minimum Gasteiger partial charge on any atom is -0.312 e. The van der Waals surface area contributed by atoms with Crippen LogP contribution in [0.5, 0.6) is 0 Å². The van der Waals surface area contributed by atoms with Gasteiger partial charge in [0.25, 0.3) is 0 Å². The molecule has 0 atom stereocenters. The molecule has 2 aromatic heterocycles. The van der Waals surface area contributed by atoms with Crippen molar-refractivity contribution in [3.05, 3.63) is 24.2 Å². The summed E-state index contributed by atoms with van der Waals surface area (Å²) in [5, 5.41) is 0. The van der Waals surface area contributed by atoms with E-state index in [1.54, 1.807) is 6.20 Å². The van der Waals surface area contributed by atoms with Crippen LogP contribution in [0.1, 0.15) is 32.0 Å². The molecular formula is C15H21N3O2S. The molecule has 1 aliphatic rings.